The van der Waals surface area contributed by atoms with Crippen LogP contribution in [0.4, 0.5) is 18.0 Å². The van der Waals surface area contributed by atoms with Gasteiger partial charge in [-0.2, -0.15) is 0 Å². The van der Waals surface area contributed by atoms with E-state index < -0.39 is 29.8 Å². The van der Waals surface area contributed by atoms with Gasteiger partial charge in [0.2, 0.25) is 0 Å². The molecule has 0 bridgehead atoms. The van der Waals surface area contributed by atoms with Crippen molar-refractivity contribution in [3.05, 3.63) is 29.8 Å². The Labute approximate surface area is 154 Å². The number of hydrogen-bond acceptors (Lipinski definition) is 4. The van der Waals surface area contributed by atoms with Crippen LogP contribution in [0.1, 0.15) is 50.2 Å². The summed E-state index contributed by atoms with van der Waals surface area (Å²) in [6.45, 7) is -0.258. The van der Waals surface area contributed by atoms with Crippen LogP contribution in [0.5, 0.6) is 5.75 Å². The molecule has 148 valence electrons. The van der Waals surface area contributed by atoms with Gasteiger partial charge in [0, 0.05) is 0 Å². The minimum atomic E-state index is -4.80. The van der Waals surface area contributed by atoms with Gasteiger partial charge in [-0.3, -0.25) is 9.69 Å². The van der Waals surface area contributed by atoms with E-state index in [-0.39, 0.29) is 18.0 Å². The van der Waals surface area contributed by atoms with Crippen molar-refractivity contribution in [1.82, 2.24) is 10.2 Å². The number of imide groups is 1. The van der Waals surface area contributed by atoms with Crippen LogP contribution in [-0.4, -0.2) is 40.4 Å². The van der Waals surface area contributed by atoms with Gasteiger partial charge in [0.15, 0.2) is 0 Å². The maximum absolute atomic E-state index is 12.8. The van der Waals surface area contributed by atoms with E-state index in [0.29, 0.717) is 12.8 Å². The molecule has 2 fully saturated rings. The third-order valence-electron chi connectivity index (χ3n) is 5.06. The monoisotopic (exact) mass is 386 g/mol. The van der Waals surface area contributed by atoms with Gasteiger partial charge in [-0.1, -0.05) is 37.8 Å². The number of aliphatic hydroxyl groups is 1. The number of carbonyl (C=O) groups is 2. The molecule has 1 unspecified atom stereocenters. The maximum atomic E-state index is 12.8. The molecule has 1 saturated heterocycles. The molecular formula is C18H21F3N2O4. The van der Waals surface area contributed by atoms with Gasteiger partial charge in [-0.25, -0.2) is 4.79 Å². The zero-order valence-corrected chi connectivity index (χ0v) is 14.6. The van der Waals surface area contributed by atoms with Crippen LogP contribution in [-0.2, 0) is 4.79 Å². The summed E-state index contributed by atoms with van der Waals surface area (Å²) >= 11 is 0. The highest BCUT2D eigenvalue weighted by Gasteiger charge is 2.50. The molecule has 1 saturated carbocycles. The molecule has 1 aromatic carbocycles. The first-order valence-electron chi connectivity index (χ1n) is 8.88. The van der Waals surface area contributed by atoms with Crippen LogP contribution >= 0.6 is 0 Å². The lowest BCUT2D eigenvalue weighted by Gasteiger charge is -2.25. The molecule has 2 N–H and O–H groups in total. The third kappa shape index (κ3) is 4.35. The Morgan fingerprint density at radius 2 is 1.70 bits per heavy atom. The summed E-state index contributed by atoms with van der Waals surface area (Å²) in [6, 6.07) is 4.14. The van der Waals surface area contributed by atoms with Gasteiger partial charge < -0.3 is 15.2 Å². The van der Waals surface area contributed by atoms with Gasteiger partial charge in [0.05, 0.1) is 12.6 Å². The molecule has 2 aliphatic rings. The Morgan fingerprint density at radius 3 is 2.26 bits per heavy atom. The number of benzene rings is 1. The molecule has 3 rings (SSSR count). The minimum Gasteiger partial charge on any atom is -0.406 e. The summed E-state index contributed by atoms with van der Waals surface area (Å²) in [4.78, 5) is 26.1. The maximum Gasteiger partial charge on any atom is 0.573 e. The van der Waals surface area contributed by atoms with Crippen molar-refractivity contribution >= 4 is 11.9 Å². The molecule has 1 atom stereocenters. The van der Waals surface area contributed by atoms with Crippen LogP contribution in [0.3, 0.4) is 0 Å². The molecular weight excluding hydrogens is 365 g/mol. The van der Waals surface area contributed by atoms with Crippen LogP contribution in [0.25, 0.3) is 0 Å². The SMILES string of the molecule is O=C1NC2(CCCCCC2)C(=O)N1CC(O)c1ccc(OC(F)(F)F)cc1. The van der Waals surface area contributed by atoms with Crippen molar-refractivity contribution in [3.63, 3.8) is 0 Å². The standard InChI is InChI=1S/C18H21F3N2O4/c19-18(20,21)27-13-7-5-12(6-8-13)14(24)11-23-15(25)17(22-16(23)26)9-3-1-2-4-10-17/h5-8,14,24H,1-4,9-11H2,(H,22,26). The average Bonchev–Trinajstić information content (AvgIpc) is 2.76. The summed E-state index contributed by atoms with van der Waals surface area (Å²) < 4.78 is 40.4. The van der Waals surface area contributed by atoms with Crippen LogP contribution < -0.4 is 10.1 Å². The van der Waals surface area contributed by atoms with Gasteiger partial charge in [0.25, 0.3) is 5.91 Å². The van der Waals surface area contributed by atoms with Crippen LogP contribution in [0.15, 0.2) is 24.3 Å². The molecule has 0 radical (unpaired) electrons. The number of aliphatic hydroxyl groups excluding tert-OH is 1. The first kappa shape index (κ1) is 19.5. The lowest BCUT2D eigenvalue weighted by molar-refractivity contribution is -0.274. The van der Waals surface area contributed by atoms with Crippen molar-refractivity contribution in [2.75, 3.05) is 6.54 Å². The molecule has 1 aromatic rings. The van der Waals surface area contributed by atoms with Gasteiger partial charge in [0.1, 0.15) is 11.3 Å². The Hall–Kier alpha value is -2.29. The fraction of sp³-hybridized carbons (Fsp3) is 0.556. The number of nitrogens with one attached hydrogen (secondary N) is 1. The molecule has 1 heterocycles. The number of ether oxygens (including phenoxy) is 1. The lowest BCUT2D eigenvalue weighted by atomic mass is 9.90. The second-order valence-electron chi connectivity index (χ2n) is 6.97. The summed E-state index contributed by atoms with van der Waals surface area (Å²) in [5, 5.41) is 13.1. The quantitative estimate of drug-likeness (QED) is 0.779. The van der Waals surface area contributed by atoms with Crippen molar-refractivity contribution in [1.29, 1.82) is 0 Å². The fourth-order valence-electron chi connectivity index (χ4n) is 3.68. The fourth-order valence-corrected chi connectivity index (χ4v) is 3.68. The highest BCUT2D eigenvalue weighted by Crippen LogP contribution is 2.33. The lowest BCUT2D eigenvalue weighted by Crippen LogP contribution is -2.46. The van der Waals surface area contributed by atoms with E-state index in [1.54, 1.807) is 0 Å². The highest BCUT2D eigenvalue weighted by atomic mass is 19.4. The van der Waals surface area contributed by atoms with E-state index in [2.05, 4.69) is 10.1 Å². The van der Waals surface area contributed by atoms with Gasteiger partial charge >= 0.3 is 12.4 Å². The van der Waals surface area contributed by atoms with E-state index in [1.807, 2.05) is 0 Å². The van der Waals surface area contributed by atoms with Crippen molar-refractivity contribution in [2.45, 2.75) is 56.5 Å². The summed E-state index contributed by atoms with van der Waals surface area (Å²) in [6.07, 6.45) is -1.12. The largest absolute Gasteiger partial charge is 0.573 e. The second kappa shape index (κ2) is 7.38. The molecule has 9 heteroatoms. The van der Waals surface area contributed by atoms with E-state index >= 15 is 0 Å². The smallest absolute Gasteiger partial charge is 0.406 e. The average molecular weight is 386 g/mol. The number of nitrogens with zero attached hydrogens (tertiary/aromatic N) is 1. The third-order valence-corrected chi connectivity index (χ3v) is 5.06. The van der Waals surface area contributed by atoms with Gasteiger partial charge in [-0.05, 0) is 30.5 Å². The summed E-state index contributed by atoms with van der Waals surface area (Å²) in [5.41, 5.74) is -0.607. The first-order chi connectivity index (χ1) is 12.7. The molecule has 1 spiro atoms. The summed E-state index contributed by atoms with van der Waals surface area (Å²) in [5.74, 6) is -0.753. The molecule has 0 aromatic heterocycles. The van der Waals surface area contributed by atoms with E-state index in [9.17, 15) is 27.9 Å². The molecule has 3 amide bonds. The number of amides is 3. The topological polar surface area (TPSA) is 78.9 Å². The van der Waals surface area contributed by atoms with Crippen LogP contribution in [0, 0.1) is 0 Å². The van der Waals surface area contributed by atoms with E-state index in [4.69, 9.17) is 0 Å². The van der Waals surface area contributed by atoms with Crippen LogP contribution in [0.2, 0.25) is 0 Å². The Bertz CT molecular complexity index is 698. The molecule has 1 aliphatic carbocycles. The Balaban J connectivity index is 1.67. The van der Waals surface area contributed by atoms with E-state index in [0.717, 1.165) is 42.7 Å². The first-order valence-corrected chi connectivity index (χ1v) is 8.88. The number of halogens is 3. The summed E-state index contributed by atoms with van der Waals surface area (Å²) in [7, 11) is 0. The molecule has 6 nitrogen and oxygen atoms in total. The predicted octanol–water partition coefficient (Wildman–Crippen LogP) is 3.26. The Morgan fingerprint density at radius 1 is 1.11 bits per heavy atom. The number of rotatable bonds is 4. The van der Waals surface area contributed by atoms with Crippen molar-refractivity contribution < 1.29 is 32.6 Å². The van der Waals surface area contributed by atoms with Crippen molar-refractivity contribution in [3.8, 4) is 5.75 Å². The molecule has 27 heavy (non-hydrogen) atoms. The number of carbonyl (C=O) groups excluding carboxylic acids is 2. The molecule has 1 aliphatic heterocycles. The Kier molecular flexibility index (Phi) is 5.32. The number of alkyl halides is 3. The normalized spacial score (nSPS) is 21.1. The van der Waals surface area contributed by atoms with Crippen molar-refractivity contribution in [2.24, 2.45) is 0 Å². The van der Waals surface area contributed by atoms with E-state index in [1.165, 1.54) is 12.1 Å². The number of hydrogen-bond donors (Lipinski definition) is 2. The second-order valence-corrected chi connectivity index (χ2v) is 6.97. The number of urea groups is 1. The number of β-amino-alcohol motifs (C(OH)–C–C–N with tert-alkyl or cyclic N) is 1. The predicted molar refractivity (Wildman–Crippen MR) is 88.8 cm³/mol. The highest BCUT2D eigenvalue weighted by molar-refractivity contribution is 6.07. The minimum absolute atomic E-state index is 0.258. The zero-order chi connectivity index (χ0) is 19.7. The zero-order valence-electron chi connectivity index (χ0n) is 14.6. The van der Waals surface area contributed by atoms with Gasteiger partial charge in [-0.15, -0.1) is 13.2 Å².